The standard InChI is InChI=1S/C19H12F4N.C11H8N.Ir/c1-12-9-18(24-11-16(12)13-5-3-2-4-6-13)15-8-7-14(10-17(15)20)19(21,22)23;1-2-6-10(7-3-1)11-8-4-5-9-12-11;/h2-7,9-11H,1H3;1-6,8-9H;/q2*-1;. The van der Waals surface area contributed by atoms with Gasteiger partial charge < -0.3 is 9.97 Å². The molecule has 5 aromatic rings. The van der Waals surface area contributed by atoms with Crippen LogP contribution in [0.15, 0.2) is 103 Å². The number of aryl methyl sites for hydroxylation is 1. The molecular weight excluding hydrogens is 657 g/mol. The van der Waals surface area contributed by atoms with E-state index in [2.05, 4.69) is 22.1 Å². The minimum absolute atomic E-state index is 0. The van der Waals surface area contributed by atoms with E-state index >= 15 is 0 Å². The van der Waals surface area contributed by atoms with E-state index < -0.39 is 17.6 Å². The molecule has 0 saturated heterocycles. The third kappa shape index (κ3) is 7.19. The van der Waals surface area contributed by atoms with Crippen LogP contribution < -0.4 is 0 Å². The Morgan fingerprint density at radius 1 is 0.784 bits per heavy atom. The quantitative estimate of drug-likeness (QED) is 0.142. The van der Waals surface area contributed by atoms with Crippen LogP contribution in [0.5, 0.6) is 0 Å². The number of hydrogen-bond acceptors (Lipinski definition) is 2. The Morgan fingerprint density at radius 2 is 1.51 bits per heavy atom. The van der Waals surface area contributed by atoms with Crippen molar-refractivity contribution in [3.63, 3.8) is 0 Å². The van der Waals surface area contributed by atoms with Crippen molar-refractivity contribution in [1.29, 1.82) is 0 Å². The van der Waals surface area contributed by atoms with Crippen LogP contribution in [0.1, 0.15) is 11.1 Å². The van der Waals surface area contributed by atoms with Gasteiger partial charge in [-0.05, 0) is 41.1 Å². The number of rotatable bonds is 3. The average Bonchev–Trinajstić information content (AvgIpc) is 2.90. The summed E-state index contributed by atoms with van der Waals surface area (Å²) in [6.07, 6.45) is -1.22. The molecule has 189 valence electrons. The smallest absolute Gasteiger partial charge is 0.305 e. The summed E-state index contributed by atoms with van der Waals surface area (Å²) in [5, 5.41) is 0. The van der Waals surface area contributed by atoms with Gasteiger partial charge >= 0.3 is 6.18 Å². The molecule has 2 nitrogen and oxygen atoms in total. The summed E-state index contributed by atoms with van der Waals surface area (Å²) in [5.74, 6) is -0.996. The van der Waals surface area contributed by atoms with Gasteiger partial charge in [0.05, 0.1) is 0 Å². The Bertz CT molecular complexity index is 1390. The molecule has 0 spiro atoms. The van der Waals surface area contributed by atoms with E-state index in [0.29, 0.717) is 6.07 Å². The van der Waals surface area contributed by atoms with Crippen molar-refractivity contribution in [3.8, 4) is 33.6 Å². The van der Waals surface area contributed by atoms with E-state index in [-0.39, 0.29) is 31.4 Å². The maximum Gasteiger partial charge on any atom is 0.381 e. The monoisotopic (exact) mass is 677 g/mol. The molecule has 5 rings (SSSR count). The average molecular weight is 677 g/mol. The molecule has 0 aliphatic carbocycles. The molecule has 0 fully saturated rings. The van der Waals surface area contributed by atoms with Crippen LogP contribution in [-0.2, 0) is 26.3 Å². The fourth-order valence-electron chi connectivity index (χ4n) is 3.52. The summed E-state index contributed by atoms with van der Waals surface area (Å²) in [6, 6.07) is 31.6. The first-order valence-corrected chi connectivity index (χ1v) is 11.0. The molecule has 0 unspecified atom stereocenters. The molecule has 0 amide bonds. The van der Waals surface area contributed by atoms with Gasteiger partial charge in [-0.1, -0.05) is 60.2 Å². The maximum atomic E-state index is 14.1. The van der Waals surface area contributed by atoms with Crippen LogP contribution in [0.3, 0.4) is 0 Å². The van der Waals surface area contributed by atoms with Gasteiger partial charge in [0.25, 0.3) is 0 Å². The zero-order valence-corrected chi connectivity index (χ0v) is 21.9. The van der Waals surface area contributed by atoms with E-state index in [4.69, 9.17) is 0 Å². The normalized spacial score (nSPS) is 10.6. The van der Waals surface area contributed by atoms with Crippen LogP contribution in [0.2, 0.25) is 0 Å². The van der Waals surface area contributed by atoms with Crippen LogP contribution in [0.25, 0.3) is 33.6 Å². The van der Waals surface area contributed by atoms with Gasteiger partial charge in [0, 0.05) is 43.9 Å². The summed E-state index contributed by atoms with van der Waals surface area (Å²) in [6.45, 7) is 1.84. The Morgan fingerprint density at radius 3 is 2.11 bits per heavy atom. The first kappa shape index (κ1) is 27.9. The van der Waals surface area contributed by atoms with Gasteiger partial charge in [0.2, 0.25) is 0 Å². The van der Waals surface area contributed by atoms with Crippen molar-refractivity contribution in [3.05, 3.63) is 132 Å². The molecule has 3 aromatic carbocycles. The van der Waals surface area contributed by atoms with Gasteiger partial charge in [-0.3, -0.25) is 4.39 Å². The van der Waals surface area contributed by atoms with Crippen LogP contribution >= 0.6 is 0 Å². The van der Waals surface area contributed by atoms with E-state index in [9.17, 15) is 17.6 Å². The number of benzene rings is 3. The molecule has 0 N–H and O–H groups in total. The van der Waals surface area contributed by atoms with E-state index in [0.717, 1.165) is 34.0 Å². The molecular formula is C30H20F4IrN2-2. The molecule has 37 heavy (non-hydrogen) atoms. The second kappa shape index (κ2) is 12.5. The van der Waals surface area contributed by atoms with Crippen molar-refractivity contribution >= 4 is 0 Å². The maximum absolute atomic E-state index is 14.1. The molecule has 0 saturated carbocycles. The van der Waals surface area contributed by atoms with E-state index in [1.54, 1.807) is 18.5 Å². The second-order valence-corrected chi connectivity index (χ2v) is 7.85. The summed E-state index contributed by atoms with van der Waals surface area (Å²) in [7, 11) is 0. The predicted octanol–water partition coefficient (Wildman–Crippen LogP) is 8.23. The second-order valence-electron chi connectivity index (χ2n) is 7.85. The molecule has 0 aliphatic heterocycles. The van der Waals surface area contributed by atoms with Crippen LogP contribution in [-0.4, -0.2) is 9.97 Å². The van der Waals surface area contributed by atoms with Crippen molar-refractivity contribution in [1.82, 2.24) is 9.97 Å². The minimum Gasteiger partial charge on any atom is -0.305 e. The summed E-state index contributed by atoms with van der Waals surface area (Å²) >= 11 is 0. The summed E-state index contributed by atoms with van der Waals surface area (Å²) < 4.78 is 51.9. The van der Waals surface area contributed by atoms with Gasteiger partial charge in [0.15, 0.2) is 0 Å². The Hall–Kier alpha value is -3.67. The molecule has 0 bridgehead atoms. The molecule has 2 aromatic heterocycles. The fourth-order valence-corrected chi connectivity index (χ4v) is 3.52. The molecule has 2 heterocycles. The topological polar surface area (TPSA) is 25.8 Å². The Labute approximate surface area is 226 Å². The molecule has 0 aliphatic rings. The largest absolute Gasteiger partial charge is 0.381 e. The van der Waals surface area contributed by atoms with Gasteiger partial charge in [0.1, 0.15) is 0 Å². The van der Waals surface area contributed by atoms with Crippen LogP contribution in [0.4, 0.5) is 17.6 Å². The van der Waals surface area contributed by atoms with Crippen molar-refractivity contribution in [2.24, 2.45) is 0 Å². The van der Waals surface area contributed by atoms with Crippen molar-refractivity contribution in [2.75, 3.05) is 0 Å². The minimum atomic E-state index is -4.60. The Kier molecular flexibility index (Phi) is 9.45. The number of nitrogens with zero attached hydrogens (tertiary/aromatic N) is 2. The van der Waals surface area contributed by atoms with Crippen molar-refractivity contribution in [2.45, 2.75) is 13.1 Å². The number of alkyl halides is 3. The SMILES string of the molecule is Cc1cc(-c2[c-]cc(C(F)(F)F)cc2F)ncc1-c1ccccc1.[Ir].[c-]1ccccc1-c1ccccn1. The summed E-state index contributed by atoms with van der Waals surface area (Å²) in [4.78, 5) is 8.40. The number of hydrogen-bond donors (Lipinski definition) is 0. The number of halogens is 4. The van der Waals surface area contributed by atoms with Gasteiger partial charge in [-0.25, -0.2) is 0 Å². The van der Waals surface area contributed by atoms with Gasteiger partial charge in [-0.2, -0.15) is 13.2 Å². The molecule has 1 radical (unpaired) electrons. The van der Waals surface area contributed by atoms with Gasteiger partial charge in [-0.15, -0.1) is 48.0 Å². The molecule has 7 heteroatoms. The zero-order chi connectivity index (χ0) is 25.5. The number of pyridine rings is 2. The van der Waals surface area contributed by atoms with Crippen LogP contribution in [0, 0.1) is 24.9 Å². The third-order valence-corrected chi connectivity index (χ3v) is 5.32. The first-order valence-electron chi connectivity index (χ1n) is 11.0. The van der Waals surface area contributed by atoms with Crippen molar-refractivity contribution < 1.29 is 37.7 Å². The zero-order valence-electron chi connectivity index (χ0n) is 19.6. The first-order chi connectivity index (χ1) is 17.3. The predicted molar refractivity (Wildman–Crippen MR) is 132 cm³/mol. The Balaban J connectivity index is 0.000000246. The summed E-state index contributed by atoms with van der Waals surface area (Å²) in [5.41, 5.74) is 3.80. The third-order valence-electron chi connectivity index (χ3n) is 5.32. The fraction of sp³-hybridized carbons (Fsp3) is 0.0667. The van der Waals surface area contributed by atoms with E-state index in [1.165, 1.54) is 0 Å². The van der Waals surface area contributed by atoms with E-state index in [1.807, 2.05) is 79.7 Å². The molecule has 0 atom stereocenters. The number of aromatic nitrogens is 2.